The van der Waals surface area contributed by atoms with Gasteiger partial charge >= 0.3 is 0 Å². The number of hydrogen-bond donors (Lipinski definition) is 1. The lowest BCUT2D eigenvalue weighted by Crippen LogP contribution is -2.47. The summed E-state index contributed by atoms with van der Waals surface area (Å²) in [5, 5.41) is 10.3. The molecule has 5 rings (SSSR count). The molecule has 1 aliphatic heterocycles. The zero-order chi connectivity index (χ0) is 23.9. The highest BCUT2D eigenvalue weighted by atomic mass is 127. The lowest BCUT2D eigenvalue weighted by atomic mass is 10.1. The van der Waals surface area contributed by atoms with Crippen molar-refractivity contribution in [3.63, 3.8) is 0 Å². The Labute approximate surface area is 212 Å². The van der Waals surface area contributed by atoms with E-state index >= 15 is 4.39 Å². The summed E-state index contributed by atoms with van der Waals surface area (Å²) < 4.78 is 21.8. The van der Waals surface area contributed by atoms with Gasteiger partial charge in [-0.25, -0.2) is 14.4 Å². The predicted octanol–water partition coefficient (Wildman–Crippen LogP) is 3.96. The molecule has 2 fully saturated rings. The molecule has 0 atom stereocenters. The van der Waals surface area contributed by atoms with Gasteiger partial charge in [-0.3, -0.25) is 0 Å². The average Bonchev–Trinajstić information content (AvgIpc) is 3.61. The molecule has 1 saturated heterocycles. The van der Waals surface area contributed by atoms with Crippen molar-refractivity contribution in [1.82, 2.24) is 9.97 Å². The number of hydrogen-bond acceptors (Lipinski definition) is 7. The van der Waals surface area contributed by atoms with Crippen LogP contribution in [0.4, 0.5) is 21.6 Å². The number of nitrogens with zero attached hydrogens (tertiary/aromatic N) is 5. The van der Waals surface area contributed by atoms with Crippen molar-refractivity contribution >= 4 is 50.7 Å². The Hall–Kier alpha value is -2.40. The number of aromatic nitrogens is 2. The molecule has 1 saturated carbocycles. The molecular weight excluding hydrogens is 548 g/mol. The maximum Gasteiger partial charge on any atom is 0.170 e. The lowest BCUT2D eigenvalue weighted by Gasteiger charge is -2.37. The molecule has 0 amide bonds. The van der Waals surface area contributed by atoms with E-state index in [4.69, 9.17) is 9.72 Å². The van der Waals surface area contributed by atoms with E-state index in [1.54, 1.807) is 7.11 Å². The van der Waals surface area contributed by atoms with E-state index in [0.717, 1.165) is 63.6 Å². The molecule has 1 N–H and O–H groups in total. The molecule has 0 bridgehead atoms. The Morgan fingerprint density at radius 2 is 1.82 bits per heavy atom. The number of methoxy groups -OCH3 is 1. The van der Waals surface area contributed by atoms with Gasteiger partial charge in [0.2, 0.25) is 0 Å². The number of fused-ring (bicyclic) bond motifs is 1. The number of rotatable bonds is 7. The van der Waals surface area contributed by atoms with E-state index in [2.05, 4.69) is 55.6 Å². The van der Waals surface area contributed by atoms with E-state index in [9.17, 15) is 5.11 Å². The molecule has 34 heavy (non-hydrogen) atoms. The number of benzene rings is 2. The summed E-state index contributed by atoms with van der Waals surface area (Å²) in [5.74, 6) is 1.96. The number of anilines is 3. The summed E-state index contributed by atoms with van der Waals surface area (Å²) in [7, 11) is 3.65. The van der Waals surface area contributed by atoms with Crippen LogP contribution in [0.2, 0.25) is 0 Å². The van der Waals surface area contributed by atoms with E-state index in [0.29, 0.717) is 25.2 Å². The smallest absolute Gasteiger partial charge is 0.170 e. The third kappa shape index (κ3) is 4.47. The van der Waals surface area contributed by atoms with Gasteiger partial charge in [-0.2, -0.15) is 0 Å². The van der Waals surface area contributed by atoms with Crippen LogP contribution >= 0.6 is 22.6 Å². The van der Waals surface area contributed by atoms with Crippen molar-refractivity contribution < 1.29 is 14.2 Å². The number of piperazine rings is 1. The first-order valence-corrected chi connectivity index (χ1v) is 12.7. The molecule has 3 aromatic rings. The van der Waals surface area contributed by atoms with Crippen molar-refractivity contribution in [1.29, 1.82) is 0 Å². The Morgan fingerprint density at radius 1 is 1.09 bits per heavy atom. The van der Waals surface area contributed by atoms with Gasteiger partial charge in [-0.1, -0.05) is 0 Å². The number of likely N-dealkylation sites (N-methyl/N-ethyl adjacent to an activating group) is 1. The highest BCUT2D eigenvalue weighted by molar-refractivity contribution is 14.1. The van der Waals surface area contributed by atoms with Gasteiger partial charge in [0.05, 0.1) is 24.9 Å². The minimum absolute atomic E-state index is 0.0746. The molecule has 1 aromatic heterocycles. The quantitative estimate of drug-likeness (QED) is 0.427. The maximum atomic E-state index is 15.0. The summed E-state index contributed by atoms with van der Waals surface area (Å²) in [6.07, 6.45) is 0.964. The van der Waals surface area contributed by atoms with Gasteiger partial charge < -0.3 is 24.5 Å². The molecule has 0 unspecified atom stereocenters. The highest BCUT2D eigenvalue weighted by Gasteiger charge is 2.48. The van der Waals surface area contributed by atoms with Crippen LogP contribution in [0.25, 0.3) is 10.9 Å². The van der Waals surface area contributed by atoms with Crippen molar-refractivity contribution in [3.05, 3.63) is 45.8 Å². The SMILES string of the molecule is COc1cc(I)ccc1N1CCN(c2nc(C3(F)CC3)nc3ccc(N(C)CCO)cc23)CC1. The Morgan fingerprint density at radius 3 is 2.50 bits per heavy atom. The first-order chi connectivity index (χ1) is 16.4. The van der Waals surface area contributed by atoms with Crippen molar-refractivity contribution in [2.45, 2.75) is 18.5 Å². The number of alkyl halides is 1. The second kappa shape index (κ2) is 9.33. The molecule has 9 heteroatoms. The third-order valence-corrected chi connectivity index (χ3v) is 7.36. The van der Waals surface area contributed by atoms with Crippen molar-refractivity contribution in [2.75, 3.05) is 68.2 Å². The molecule has 1 aliphatic carbocycles. The second-order valence-corrected chi connectivity index (χ2v) is 10.2. The van der Waals surface area contributed by atoms with Gasteiger partial charge in [0.15, 0.2) is 11.5 Å². The fourth-order valence-electron chi connectivity index (χ4n) is 4.46. The van der Waals surface area contributed by atoms with Crippen LogP contribution in [-0.4, -0.2) is 68.6 Å². The van der Waals surface area contributed by atoms with Gasteiger partial charge in [-0.15, -0.1) is 0 Å². The number of halogens is 2. The summed E-state index contributed by atoms with van der Waals surface area (Å²) >= 11 is 2.29. The Balaban J connectivity index is 1.47. The van der Waals surface area contributed by atoms with Crippen LogP contribution < -0.4 is 19.4 Å². The van der Waals surface area contributed by atoms with Crippen LogP contribution in [0.15, 0.2) is 36.4 Å². The van der Waals surface area contributed by atoms with E-state index < -0.39 is 5.67 Å². The first-order valence-electron chi connectivity index (χ1n) is 11.6. The summed E-state index contributed by atoms with van der Waals surface area (Å²) in [6, 6.07) is 12.2. The maximum absolute atomic E-state index is 15.0. The molecular formula is C25H29FIN5O2. The van der Waals surface area contributed by atoms with Crippen LogP contribution in [-0.2, 0) is 5.67 Å². The van der Waals surface area contributed by atoms with Gasteiger partial charge in [-0.05, 0) is 71.8 Å². The summed E-state index contributed by atoms with van der Waals surface area (Å²) in [5.41, 5.74) is 1.42. The summed E-state index contributed by atoms with van der Waals surface area (Å²) in [6.45, 7) is 3.74. The van der Waals surface area contributed by atoms with Crippen LogP contribution in [0, 0.1) is 3.57 Å². The molecule has 0 spiro atoms. The molecule has 7 nitrogen and oxygen atoms in total. The molecule has 180 valence electrons. The fraction of sp³-hybridized carbons (Fsp3) is 0.440. The fourth-order valence-corrected chi connectivity index (χ4v) is 4.93. The highest BCUT2D eigenvalue weighted by Crippen LogP contribution is 2.49. The van der Waals surface area contributed by atoms with E-state index in [1.165, 1.54) is 0 Å². The van der Waals surface area contributed by atoms with Crippen LogP contribution in [0.1, 0.15) is 18.7 Å². The zero-order valence-electron chi connectivity index (χ0n) is 19.5. The number of aliphatic hydroxyl groups excluding tert-OH is 1. The average molecular weight is 577 g/mol. The Bertz CT molecular complexity index is 1200. The van der Waals surface area contributed by atoms with Gasteiger partial charge in [0, 0.05) is 54.4 Å². The minimum Gasteiger partial charge on any atom is -0.495 e. The predicted molar refractivity (Wildman–Crippen MR) is 142 cm³/mol. The lowest BCUT2D eigenvalue weighted by molar-refractivity contribution is 0.301. The molecule has 2 aliphatic rings. The second-order valence-electron chi connectivity index (χ2n) is 8.97. The largest absolute Gasteiger partial charge is 0.495 e. The summed E-state index contributed by atoms with van der Waals surface area (Å²) in [4.78, 5) is 15.9. The minimum atomic E-state index is -1.40. The van der Waals surface area contributed by atoms with Crippen LogP contribution in [0.5, 0.6) is 5.75 Å². The van der Waals surface area contributed by atoms with Gasteiger partial charge in [0.25, 0.3) is 0 Å². The normalized spacial score (nSPS) is 17.2. The molecule has 2 heterocycles. The molecule has 2 aromatic carbocycles. The monoisotopic (exact) mass is 577 g/mol. The van der Waals surface area contributed by atoms with E-state index in [-0.39, 0.29) is 6.61 Å². The number of ether oxygens (including phenoxy) is 1. The third-order valence-electron chi connectivity index (χ3n) is 6.69. The molecule has 0 radical (unpaired) electrons. The standard InChI is InChI=1S/C25H29FIN5O2/c1-30(13-14-33)18-4-5-20-19(16-18)23(29-24(28-20)25(26)7-8-25)32-11-9-31(10-12-32)21-6-3-17(27)15-22(21)34-2/h3-6,15-16,33H,7-14H2,1-2H3. The topological polar surface area (TPSA) is 65.0 Å². The van der Waals surface area contributed by atoms with Crippen molar-refractivity contribution in [3.8, 4) is 5.75 Å². The van der Waals surface area contributed by atoms with Crippen molar-refractivity contribution in [2.24, 2.45) is 0 Å². The Kier molecular flexibility index (Phi) is 6.41. The number of aliphatic hydroxyl groups is 1. The van der Waals surface area contributed by atoms with Crippen LogP contribution in [0.3, 0.4) is 0 Å². The zero-order valence-corrected chi connectivity index (χ0v) is 21.6. The van der Waals surface area contributed by atoms with E-state index in [1.807, 2.05) is 30.1 Å². The van der Waals surface area contributed by atoms with Gasteiger partial charge in [0.1, 0.15) is 11.6 Å². The first kappa shape index (κ1) is 23.3.